The van der Waals surface area contributed by atoms with Crippen LogP contribution in [-0.4, -0.2) is 44.7 Å². The molecule has 4 rings (SSSR count). The van der Waals surface area contributed by atoms with E-state index in [2.05, 4.69) is 0 Å². The Morgan fingerprint density at radius 2 is 2.04 bits per heavy atom. The Bertz CT molecular complexity index is 868. The molecule has 0 aromatic heterocycles. The zero-order valence-corrected chi connectivity index (χ0v) is 16.1. The largest absolute Gasteiger partial charge is 0.482 e. The standard InChI is InChI=1S/C21H21ClN2O4/c22-16-6-7-19-18(10-16)24(21(26)14-28-19)12-20(25)23(11-15-8-9-27-13-15)17-4-2-1-3-5-17/h1-7,10,15H,8-9,11-14H2/t15-/m0/s1. The highest BCUT2D eigenvalue weighted by Gasteiger charge is 2.31. The minimum Gasteiger partial charge on any atom is -0.482 e. The van der Waals surface area contributed by atoms with Crippen molar-refractivity contribution in [2.75, 3.05) is 42.7 Å². The summed E-state index contributed by atoms with van der Waals surface area (Å²) in [7, 11) is 0. The second-order valence-corrected chi connectivity index (χ2v) is 7.39. The maximum Gasteiger partial charge on any atom is 0.265 e. The van der Waals surface area contributed by atoms with Gasteiger partial charge in [0.05, 0.1) is 12.3 Å². The number of para-hydroxylation sites is 1. The summed E-state index contributed by atoms with van der Waals surface area (Å²) >= 11 is 6.10. The van der Waals surface area contributed by atoms with Gasteiger partial charge in [0.15, 0.2) is 6.61 Å². The highest BCUT2D eigenvalue weighted by Crippen LogP contribution is 2.34. The van der Waals surface area contributed by atoms with Crippen LogP contribution in [0.2, 0.25) is 5.02 Å². The van der Waals surface area contributed by atoms with Crippen LogP contribution in [0.5, 0.6) is 5.75 Å². The first-order valence-electron chi connectivity index (χ1n) is 9.27. The predicted molar refractivity (Wildman–Crippen MR) is 107 cm³/mol. The fourth-order valence-corrected chi connectivity index (χ4v) is 3.68. The van der Waals surface area contributed by atoms with Gasteiger partial charge in [0.25, 0.3) is 5.91 Å². The molecule has 2 amide bonds. The van der Waals surface area contributed by atoms with Crippen LogP contribution in [0.15, 0.2) is 48.5 Å². The summed E-state index contributed by atoms with van der Waals surface area (Å²) in [5, 5.41) is 0.484. The Balaban J connectivity index is 1.59. The van der Waals surface area contributed by atoms with Crippen LogP contribution in [0.3, 0.4) is 0 Å². The van der Waals surface area contributed by atoms with Crippen LogP contribution >= 0.6 is 11.6 Å². The van der Waals surface area contributed by atoms with E-state index in [9.17, 15) is 9.59 Å². The molecule has 6 nitrogen and oxygen atoms in total. The van der Waals surface area contributed by atoms with Gasteiger partial charge in [0.1, 0.15) is 12.3 Å². The Morgan fingerprint density at radius 3 is 2.79 bits per heavy atom. The number of carbonyl (C=O) groups excluding carboxylic acids is 2. The van der Waals surface area contributed by atoms with Crippen molar-refractivity contribution in [1.82, 2.24) is 0 Å². The van der Waals surface area contributed by atoms with Gasteiger partial charge in [-0.1, -0.05) is 29.8 Å². The summed E-state index contributed by atoms with van der Waals surface area (Å²) in [4.78, 5) is 28.9. The molecule has 7 heteroatoms. The molecule has 0 radical (unpaired) electrons. The number of hydrogen-bond acceptors (Lipinski definition) is 4. The van der Waals surface area contributed by atoms with Crippen molar-refractivity contribution in [1.29, 1.82) is 0 Å². The van der Waals surface area contributed by atoms with Gasteiger partial charge < -0.3 is 14.4 Å². The molecule has 2 heterocycles. The van der Waals surface area contributed by atoms with Crippen LogP contribution < -0.4 is 14.5 Å². The lowest BCUT2D eigenvalue weighted by Gasteiger charge is -2.32. The molecule has 1 atom stereocenters. The molecule has 0 bridgehead atoms. The summed E-state index contributed by atoms with van der Waals surface area (Å²) in [5.74, 6) is 0.415. The molecule has 0 unspecified atom stereocenters. The molecule has 0 saturated carbocycles. The van der Waals surface area contributed by atoms with Crippen molar-refractivity contribution in [2.45, 2.75) is 6.42 Å². The number of ether oxygens (including phenoxy) is 2. The Labute approximate surface area is 168 Å². The van der Waals surface area contributed by atoms with Crippen LogP contribution in [0.25, 0.3) is 0 Å². The predicted octanol–water partition coefficient (Wildman–Crippen LogP) is 3.14. The molecule has 146 valence electrons. The number of fused-ring (bicyclic) bond motifs is 1. The van der Waals surface area contributed by atoms with Gasteiger partial charge >= 0.3 is 0 Å². The van der Waals surface area contributed by atoms with E-state index in [1.807, 2.05) is 30.3 Å². The van der Waals surface area contributed by atoms with Crippen LogP contribution in [0, 0.1) is 5.92 Å². The first-order chi connectivity index (χ1) is 13.6. The van der Waals surface area contributed by atoms with Gasteiger partial charge in [-0.2, -0.15) is 0 Å². The molecule has 0 spiro atoms. The van der Waals surface area contributed by atoms with Gasteiger partial charge in [-0.05, 0) is 36.8 Å². The van der Waals surface area contributed by atoms with Crippen molar-refractivity contribution < 1.29 is 19.1 Å². The minimum absolute atomic E-state index is 0.0714. The third kappa shape index (κ3) is 3.98. The quantitative estimate of drug-likeness (QED) is 0.773. The highest BCUT2D eigenvalue weighted by atomic mass is 35.5. The number of nitrogens with zero attached hydrogens (tertiary/aromatic N) is 2. The van der Waals surface area contributed by atoms with E-state index in [1.54, 1.807) is 23.1 Å². The Morgan fingerprint density at radius 1 is 1.21 bits per heavy atom. The maximum atomic E-state index is 13.3. The SMILES string of the molecule is O=C(CN1C(=O)COc2ccc(Cl)cc21)N(C[C@@H]1CCOC1)c1ccccc1. The van der Waals surface area contributed by atoms with Crippen LogP contribution in [0.1, 0.15) is 6.42 Å². The van der Waals surface area contributed by atoms with Gasteiger partial charge in [0.2, 0.25) is 5.91 Å². The lowest BCUT2D eigenvalue weighted by atomic mass is 10.1. The molecule has 2 aromatic carbocycles. The van der Waals surface area contributed by atoms with Crippen molar-refractivity contribution in [3.8, 4) is 5.75 Å². The number of benzene rings is 2. The molecule has 1 saturated heterocycles. The van der Waals surface area contributed by atoms with E-state index >= 15 is 0 Å². The molecule has 0 N–H and O–H groups in total. The molecule has 2 aromatic rings. The van der Waals surface area contributed by atoms with E-state index in [4.69, 9.17) is 21.1 Å². The number of amides is 2. The summed E-state index contributed by atoms with van der Waals surface area (Å²) in [6.07, 6.45) is 0.922. The number of carbonyl (C=O) groups is 2. The third-order valence-electron chi connectivity index (χ3n) is 4.99. The van der Waals surface area contributed by atoms with Gasteiger partial charge in [-0.25, -0.2) is 0 Å². The fourth-order valence-electron chi connectivity index (χ4n) is 3.51. The Kier molecular flexibility index (Phi) is 5.50. The maximum absolute atomic E-state index is 13.3. The van der Waals surface area contributed by atoms with E-state index in [0.29, 0.717) is 29.6 Å². The zero-order valence-electron chi connectivity index (χ0n) is 15.3. The summed E-state index contributed by atoms with van der Waals surface area (Å²) in [5.41, 5.74) is 1.33. The molecular formula is C21H21ClN2O4. The number of anilines is 2. The Hall–Kier alpha value is -2.57. The van der Waals surface area contributed by atoms with Gasteiger partial charge in [-0.15, -0.1) is 0 Å². The minimum atomic E-state index is -0.264. The topological polar surface area (TPSA) is 59.1 Å². The number of hydrogen-bond donors (Lipinski definition) is 0. The zero-order chi connectivity index (χ0) is 19.5. The van der Waals surface area contributed by atoms with Crippen molar-refractivity contribution in [3.63, 3.8) is 0 Å². The second kappa shape index (κ2) is 8.20. The first-order valence-corrected chi connectivity index (χ1v) is 9.65. The molecular weight excluding hydrogens is 380 g/mol. The summed E-state index contributed by atoms with van der Waals surface area (Å²) in [6.45, 7) is 1.76. The fraction of sp³-hybridized carbons (Fsp3) is 0.333. The third-order valence-corrected chi connectivity index (χ3v) is 5.23. The highest BCUT2D eigenvalue weighted by molar-refractivity contribution is 6.31. The van der Waals surface area contributed by atoms with E-state index in [0.717, 1.165) is 18.7 Å². The normalized spacial score (nSPS) is 18.5. The molecule has 0 aliphatic carbocycles. The molecule has 2 aliphatic heterocycles. The average Bonchev–Trinajstić information content (AvgIpc) is 3.22. The average molecular weight is 401 g/mol. The van der Waals surface area contributed by atoms with Crippen molar-refractivity contribution in [2.24, 2.45) is 5.92 Å². The van der Waals surface area contributed by atoms with Crippen LogP contribution in [-0.2, 0) is 14.3 Å². The van der Waals surface area contributed by atoms with Crippen molar-refractivity contribution >= 4 is 34.8 Å². The smallest absolute Gasteiger partial charge is 0.265 e. The molecule has 28 heavy (non-hydrogen) atoms. The van der Waals surface area contributed by atoms with E-state index in [-0.39, 0.29) is 30.9 Å². The lowest BCUT2D eigenvalue weighted by Crippen LogP contribution is -2.47. The number of rotatable bonds is 5. The second-order valence-electron chi connectivity index (χ2n) is 6.95. The van der Waals surface area contributed by atoms with Crippen molar-refractivity contribution in [3.05, 3.63) is 53.6 Å². The number of halogens is 1. The van der Waals surface area contributed by atoms with Gasteiger partial charge in [-0.3, -0.25) is 14.5 Å². The lowest BCUT2D eigenvalue weighted by molar-refractivity contribution is -0.124. The monoisotopic (exact) mass is 400 g/mol. The van der Waals surface area contributed by atoms with Crippen LogP contribution in [0.4, 0.5) is 11.4 Å². The molecule has 1 fully saturated rings. The summed E-state index contributed by atoms with van der Waals surface area (Å²) in [6, 6.07) is 14.6. The van der Waals surface area contributed by atoms with E-state index in [1.165, 1.54) is 4.90 Å². The summed E-state index contributed by atoms with van der Waals surface area (Å²) < 4.78 is 10.9. The first kappa shape index (κ1) is 18.8. The van der Waals surface area contributed by atoms with E-state index < -0.39 is 0 Å². The van der Waals surface area contributed by atoms with Gasteiger partial charge in [0, 0.05) is 29.8 Å². The molecule has 2 aliphatic rings.